The Morgan fingerprint density at radius 2 is 1.54 bits per heavy atom. The van der Waals surface area contributed by atoms with Crippen molar-refractivity contribution in [3.63, 3.8) is 0 Å². The molecule has 2 amide bonds. The van der Waals surface area contributed by atoms with Gasteiger partial charge in [0, 0.05) is 24.5 Å². The van der Waals surface area contributed by atoms with E-state index in [0.717, 1.165) is 16.1 Å². The van der Waals surface area contributed by atoms with Crippen LogP contribution in [0.2, 0.25) is 5.02 Å². The number of hydrogen-bond acceptors (Lipinski definition) is 4. The molecule has 1 N–H and O–H groups in total. The normalized spacial score (nSPS) is 12.2. The molecule has 0 bridgehead atoms. The average molecular weight is 574 g/mol. The quantitative estimate of drug-likeness (QED) is 0.341. The van der Waals surface area contributed by atoms with Gasteiger partial charge in [0.2, 0.25) is 21.8 Å². The molecule has 10 heteroatoms. The van der Waals surface area contributed by atoms with Gasteiger partial charge in [0.15, 0.2) is 0 Å². The van der Waals surface area contributed by atoms with Gasteiger partial charge in [0.1, 0.15) is 18.4 Å². The number of amides is 2. The van der Waals surface area contributed by atoms with Gasteiger partial charge in [-0.1, -0.05) is 67.9 Å². The molecule has 0 saturated carbocycles. The Morgan fingerprint density at radius 1 is 0.923 bits per heavy atom. The summed E-state index contributed by atoms with van der Waals surface area (Å²) in [5, 5.41) is 3.33. The number of rotatable bonds is 12. The monoisotopic (exact) mass is 573 g/mol. The van der Waals surface area contributed by atoms with E-state index < -0.39 is 34.3 Å². The number of nitrogens with zero attached hydrogens (tertiary/aromatic N) is 2. The maximum atomic E-state index is 13.9. The van der Waals surface area contributed by atoms with Crippen LogP contribution in [0.5, 0.6) is 0 Å². The second kappa shape index (κ2) is 13.6. The van der Waals surface area contributed by atoms with Crippen molar-refractivity contribution >= 4 is 39.1 Å². The zero-order valence-electron chi connectivity index (χ0n) is 22.2. The molecule has 3 aromatic rings. The molecule has 3 rings (SSSR count). The Bertz CT molecular complexity index is 1350. The summed E-state index contributed by atoms with van der Waals surface area (Å²) in [4.78, 5) is 28.8. The van der Waals surface area contributed by atoms with Crippen molar-refractivity contribution < 1.29 is 22.4 Å². The van der Waals surface area contributed by atoms with Crippen LogP contribution in [0.3, 0.4) is 0 Å². The Hall–Kier alpha value is -3.43. The van der Waals surface area contributed by atoms with Gasteiger partial charge < -0.3 is 10.2 Å². The molecule has 0 saturated heterocycles. The summed E-state index contributed by atoms with van der Waals surface area (Å²) in [5.41, 5.74) is 1.69. The predicted octanol–water partition coefficient (Wildman–Crippen LogP) is 4.66. The zero-order chi connectivity index (χ0) is 28.6. The van der Waals surface area contributed by atoms with Gasteiger partial charge in [-0.05, 0) is 53.4 Å². The summed E-state index contributed by atoms with van der Waals surface area (Å²) in [6.07, 6.45) is 1.22. The number of benzene rings is 3. The summed E-state index contributed by atoms with van der Waals surface area (Å²) in [5.74, 6) is -1.20. The molecule has 208 valence electrons. The minimum Gasteiger partial charge on any atom is -0.354 e. The number of anilines is 1. The molecule has 1 unspecified atom stereocenters. The van der Waals surface area contributed by atoms with Crippen molar-refractivity contribution in [2.45, 2.75) is 32.9 Å². The largest absolute Gasteiger partial charge is 0.354 e. The summed E-state index contributed by atoms with van der Waals surface area (Å²) in [7, 11) is -3.87. The first-order valence-corrected chi connectivity index (χ1v) is 14.8. The molecular formula is C29H33ClFN3O4S. The van der Waals surface area contributed by atoms with Crippen molar-refractivity contribution in [1.82, 2.24) is 10.2 Å². The van der Waals surface area contributed by atoms with Crippen LogP contribution in [0.4, 0.5) is 10.1 Å². The molecule has 1 atom stereocenters. The Kier molecular flexibility index (Phi) is 10.5. The van der Waals surface area contributed by atoms with Crippen LogP contribution in [-0.2, 0) is 32.6 Å². The number of sulfonamides is 1. The highest BCUT2D eigenvalue weighted by Crippen LogP contribution is 2.22. The van der Waals surface area contributed by atoms with Crippen LogP contribution in [-0.4, -0.2) is 50.5 Å². The van der Waals surface area contributed by atoms with Crippen LogP contribution in [0.15, 0.2) is 78.9 Å². The van der Waals surface area contributed by atoms with Gasteiger partial charge in [-0.3, -0.25) is 13.9 Å². The lowest BCUT2D eigenvalue weighted by Crippen LogP contribution is -2.53. The first-order chi connectivity index (χ1) is 18.4. The third-order valence-electron chi connectivity index (χ3n) is 6.02. The van der Waals surface area contributed by atoms with Gasteiger partial charge in [-0.2, -0.15) is 0 Å². The molecular weight excluding hydrogens is 541 g/mol. The summed E-state index contributed by atoms with van der Waals surface area (Å²) in [6.45, 7) is 3.77. The Morgan fingerprint density at radius 3 is 2.10 bits per heavy atom. The third-order valence-corrected chi connectivity index (χ3v) is 7.41. The van der Waals surface area contributed by atoms with Crippen molar-refractivity contribution in [3.05, 3.63) is 101 Å². The fourth-order valence-corrected chi connectivity index (χ4v) is 4.96. The molecule has 0 spiro atoms. The smallest absolute Gasteiger partial charge is 0.244 e. The molecule has 3 aromatic carbocycles. The minimum atomic E-state index is -3.87. The van der Waals surface area contributed by atoms with E-state index in [1.54, 1.807) is 0 Å². The average Bonchev–Trinajstić information content (AvgIpc) is 2.89. The van der Waals surface area contributed by atoms with Crippen molar-refractivity contribution in [2.24, 2.45) is 5.92 Å². The van der Waals surface area contributed by atoms with Gasteiger partial charge in [0.25, 0.3) is 0 Å². The second-order valence-corrected chi connectivity index (χ2v) is 12.1. The van der Waals surface area contributed by atoms with E-state index in [1.807, 2.05) is 44.2 Å². The zero-order valence-corrected chi connectivity index (χ0v) is 23.8. The first-order valence-electron chi connectivity index (χ1n) is 12.5. The molecule has 0 radical (unpaired) electrons. The highest BCUT2D eigenvalue weighted by Gasteiger charge is 2.33. The van der Waals surface area contributed by atoms with Crippen molar-refractivity contribution in [2.75, 3.05) is 23.7 Å². The molecule has 0 aliphatic rings. The second-order valence-electron chi connectivity index (χ2n) is 9.74. The number of hydrogen-bond donors (Lipinski definition) is 1. The van der Waals surface area contributed by atoms with E-state index in [-0.39, 0.29) is 30.5 Å². The fraction of sp³-hybridized carbons (Fsp3) is 0.310. The lowest BCUT2D eigenvalue weighted by Gasteiger charge is -2.33. The van der Waals surface area contributed by atoms with Crippen LogP contribution in [0.1, 0.15) is 25.0 Å². The van der Waals surface area contributed by atoms with Gasteiger partial charge in [-0.25, -0.2) is 12.8 Å². The minimum absolute atomic E-state index is 0.0239. The van der Waals surface area contributed by atoms with Crippen LogP contribution < -0.4 is 9.62 Å². The fourth-order valence-electron chi connectivity index (χ4n) is 3.98. The van der Waals surface area contributed by atoms with Crippen LogP contribution in [0.25, 0.3) is 0 Å². The van der Waals surface area contributed by atoms with E-state index in [2.05, 4.69) is 5.32 Å². The lowest BCUT2D eigenvalue weighted by atomic mass is 10.0. The van der Waals surface area contributed by atoms with Crippen LogP contribution >= 0.6 is 11.6 Å². The van der Waals surface area contributed by atoms with E-state index in [1.165, 1.54) is 53.4 Å². The summed E-state index contributed by atoms with van der Waals surface area (Å²) < 4.78 is 40.1. The molecule has 39 heavy (non-hydrogen) atoms. The lowest BCUT2D eigenvalue weighted by molar-refractivity contribution is -0.140. The topological polar surface area (TPSA) is 86.8 Å². The van der Waals surface area contributed by atoms with E-state index in [4.69, 9.17) is 11.6 Å². The Balaban J connectivity index is 2.03. The maximum absolute atomic E-state index is 13.9. The molecule has 0 aliphatic carbocycles. The molecule has 0 aliphatic heterocycles. The number of carbonyl (C=O) groups excluding carboxylic acids is 2. The molecule has 0 heterocycles. The van der Waals surface area contributed by atoms with Gasteiger partial charge >= 0.3 is 0 Å². The van der Waals surface area contributed by atoms with E-state index in [0.29, 0.717) is 17.1 Å². The standard InChI is InChI=1S/C29H33ClFN3O4S/c1-21(2)18-32-29(36)27(17-22-7-5-4-6-8-22)33(19-23-9-13-25(31)14-10-23)28(35)20-34(39(3,37)38)26-15-11-24(30)12-16-26/h4-16,21,27H,17-20H2,1-3H3,(H,32,36). The first kappa shape index (κ1) is 30.1. The number of nitrogens with one attached hydrogen (secondary N) is 1. The van der Waals surface area contributed by atoms with Crippen molar-refractivity contribution in [1.29, 1.82) is 0 Å². The van der Waals surface area contributed by atoms with Crippen molar-refractivity contribution in [3.8, 4) is 0 Å². The van der Waals surface area contributed by atoms with E-state index >= 15 is 0 Å². The molecule has 7 nitrogen and oxygen atoms in total. The van der Waals surface area contributed by atoms with Gasteiger partial charge in [-0.15, -0.1) is 0 Å². The number of halogens is 2. The van der Waals surface area contributed by atoms with Crippen LogP contribution in [0, 0.1) is 11.7 Å². The highest BCUT2D eigenvalue weighted by atomic mass is 35.5. The SMILES string of the molecule is CC(C)CNC(=O)C(Cc1ccccc1)N(Cc1ccc(F)cc1)C(=O)CN(c1ccc(Cl)cc1)S(C)(=O)=O. The Labute approximate surface area is 234 Å². The molecule has 0 aromatic heterocycles. The molecule has 0 fully saturated rings. The third kappa shape index (κ3) is 9.07. The van der Waals surface area contributed by atoms with E-state index in [9.17, 15) is 22.4 Å². The summed E-state index contributed by atoms with van der Waals surface area (Å²) >= 11 is 5.98. The predicted molar refractivity (Wildman–Crippen MR) is 152 cm³/mol. The summed E-state index contributed by atoms with van der Waals surface area (Å²) in [6, 6.07) is 20.0. The highest BCUT2D eigenvalue weighted by molar-refractivity contribution is 7.92. The van der Waals surface area contributed by atoms with Gasteiger partial charge in [0.05, 0.1) is 11.9 Å². The number of carbonyl (C=O) groups is 2. The maximum Gasteiger partial charge on any atom is 0.244 e.